The Morgan fingerprint density at radius 3 is 2.38 bits per heavy atom. The van der Waals surface area contributed by atoms with Gasteiger partial charge in [-0.2, -0.15) is 17.1 Å². The largest absolute Gasteiger partial charge is 0.385 e. The predicted molar refractivity (Wildman–Crippen MR) is 133 cm³/mol. The first-order chi connectivity index (χ1) is 17.7. The van der Waals surface area contributed by atoms with Gasteiger partial charge in [0.25, 0.3) is 5.91 Å². The van der Waals surface area contributed by atoms with Gasteiger partial charge in [0.05, 0.1) is 13.2 Å². The zero-order valence-electron chi connectivity index (χ0n) is 19.9. The third kappa shape index (κ3) is 4.54. The Kier molecular flexibility index (Phi) is 6.40. The molecule has 12 heteroatoms. The number of hydrogen-bond acceptors (Lipinski definition) is 8. The quantitative estimate of drug-likeness (QED) is 0.487. The Bertz CT molecular complexity index is 1470. The van der Waals surface area contributed by atoms with Crippen molar-refractivity contribution >= 4 is 22.2 Å². The third-order valence-corrected chi connectivity index (χ3v) is 7.72. The Balaban J connectivity index is 1.58. The summed E-state index contributed by atoms with van der Waals surface area (Å²) in [5.74, 6) is -0.998. The van der Waals surface area contributed by atoms with Crippen LogP contribution in [-0.2, 0) is 25.4 Å². The SMILES string of the molecule is CN1C(=O)C(c2cccc(OS(=O)(=O)N3CCOCC3)c2)(c2cccc(-c3ccc(F)nc3)c2)N=C1N. The Morgan fingerprint density at radius 1 is 1.03 bits per heavy atom. The van der Waals surface area contributed by atoms with Gasteiger partial charge >= 0.3 is 10.3 Å². The Morgan fingerprint density at radius 2 is 1.73 bits per heavy atom. The van der Waals surface area contributed by atoms with Crippen LogP contribution in [0.25, 0.3) is 11.1 Å². The summed E-state index contributed by atoms with van der Waals surface area (Å²) in [5.41, 5.74) is 6.67. The van der Waals surface area contributed by atoms with Crippen molar-refractivity contribution in [1.29, 1.82) is 0 Å². The fourth-order valence-corrected chi connectivity index (χ4v) is 5.42. The van der Waals surface area contributed by atoms with Crippen molar-refractivity contribution in [2.75, 3.05) is 33.4 Å². The van der Waals surface area contributed by atoms with Gasteiger partial charge < -0.3 is 14.7 Å². The van der Waals surface area contributed by atoms with Crippen LogP contribution in [0.4, 0.5) is 4.39 Å². The molecule has 3 heterocycles. The maximum atomic E-state index is 13.7. The highest BCUT2D eigenvalue weighted by molar-refractivity contribution is 7.84. The molecule has 2 aromatic carbocycles. The van der Waals surface area contributed by atoms with E-state index in [2.05, 4.69) is 9.98 Å². The maximum Gasteiger partial charge on any atom is 0.385 e. The van der Waals surface area contributed by atoms with Crippen molar-refractivity contribution in [3.8, 4) is 16.9 Å². The predicted octanol–water partition coefficient (Wildman–Crippen LogP) is 1.87. The molecule has 2 aliphatic heterocycles. The van der Waals surface area contributed by atoms with E-state index in [1.807, 2.05) is 0 Å². The molecule has 37 heavy (non-hydrogen) atoms. The van der Waals surface area contributed by atoms with Crippen LogP contribution in [0.5, 0.6) is 5.75 Å². The highest BCUT2D eigenvalue weighted by Gasteiger charge is 2.49. The molecule has 3 aromatic rings. The molecule has 2 aliphatic rings. The highest BCUT2D eigenvalue weighted by atomic mass is 32.2. The number of pyridine rings is 1. The minimum absolute atomic E-state index is 0.00566. The highest BCUT2D eigenvalue weighted by Crippen LogP contribution is 2.41. The normalized spacial score (nSPS) is 20.6. The number of amides is 1. The molecule has 10 nitrogen and oxygen atoms in total. The van der Waals surface area contributed by atoms with Crippen molar-refractivity contribution < 1.29 is 26.5 Å². The summed E-state index contributed by atoms with van der Waals surface area (Å²) in [6.45, 7) is 0.920. The van der Waals surface area contributed by atoms with E-state index in [1.165, 1.54) is 40.6 Å². The molecule has 0 bridgehead atoms. The second kappa shape index (κ2) is 9.54. The fourth-order valence-electron chi connectivity index (χ4n) is 4.37. The number of aliphatic imine (C=N–C) groups is 1. The average molecular weight is 526 g/mol. The van der Waals surface area contributed by atoms with Crippen LogP contribution < -0.4 is 9.92 Å². The molecule has 1 amide bonds. The maximum absolute atomic E-state index is 13.7. The fraction of sp³-hybridized carbons (Fsp3) is 0.240. The van der Waals surface area contributed by atoms with Gasteiger partial charge in [-0.25, -0.2) is 9.98 Å². The van der Waals surface area contributed by atoms with E-state index >= 15 is 0 Å². The molecule has 0 spiro atoms. The van der Waals surface area contributed by atoms with E-state index in [0.717, 1.165) is 0 Å². The summed E-state index contributed by atoms with van der Waals surface area (Å²) in [6.07, 6.45) is 1.40. The number of ether oxygens (including phenoxy) is 1. The van der Waals surface area contributed by atoms with Gasteiger partial charge in [0, 0.05) is 31.9 Å². The van der Waals surface area contributed by atoms with Crippen LogP contribution in [0.1, 0.15) is 11.1 Å². The van der Waals surface area contributed by atoms with Crippen molar-refractivity contribution in [2.45, 2.75) is 5.54 Å². The van der Waals surface area contributed by atoms with Crippen LogP contribution in [-0.4, -0.2) is 67.8 Å². The lowest BCUT2D eigenvalue weighted by molar-refractivity contribution is -0.129. The van der Waals surface area contributed by atoms with Crippen molar-refractivity contribution in [1.82, 2.24) is 14.2 Å². The van der Waals surface area contributed by atoms with Gasteiger partial charge in [-0.15, -0.1) is 0 Å². The summed E-state index contributed by atoms with van der Waals surface area (Å²) in [4.78, 5) is 23.2. The zero-order valence-corrected chi connectivity index (χ0v) is 20.7. The van der Waals surface area contributed by atoms with E-state index in [0.29, 0.717) is 22.3 Å². The molecule has 0 aliphatic carbocycles. The molecular weight excluding hydrogens is 501 g/mol. The lowest BCUT2D eigenvalue weighted by Gasteiger charge is -2.28. The van der Waals surface area contributed by atoms with Gasteiger partial charge in [-0.1, -0.05) is 30.3 Å². The zero-order chi connectivity index (χ0) is 26.2. The van der Waals surface area contributed by atoms with Crippen molar-refractivity contribution in [3.05, 3.63) is 83.9 Å². The second-order valence-corrected chi connectivity index (χ2v) is 10.1. The molecule has 0 radical (unpaired) electrons. The average Bonchev–Trinajstić information content (AvgIpc) is 3.14. The molecule has 1 aromatic heterocycles. The van der Waals surface area contributed by atoms with Crippen LogP contribution in [0.15, 0.2) is 71.9 Å². The van der Waals surface area contributed by atoms with E-state index in [-0.39, 0.29) is 38.0 Å². The standard InChI is InChI=1S/C25H24FN5O5S/c1-30-23(32)25(29-24(30)27,19-5-2-4-17(14-19)18-8-9-22(26)28-16-18)20-6-3-7-21(15-20)36-37(33,34)31-10-12-35-13-11-31/h2-9,14-16H,10-13H2,1H3,(H2,27,29). The number of morpholine rings is 1. The number of carbonyl (C=O) groups excluding carboxylic acids is 1. The summed E-state index contributed by atoms with van der Waals surface area (Å²) in [7, 11) is -2.57. The number of guanidine groups is 1. The van der Waals surface area contributed by atoms with E-state index in [9.17, 15) is 17.6 Å². The first-order valence-corrected chi connectivity index (χ1v) is 12.8. The minimum Gasteiger partial charge on any atom is -0.379 e. The lowest BCUT2D eigenvalue weighted by atomic mass is 9.81. The van der Waals surface area contributed by atoms with Gasteiger partial charge in [-0.3, -0.25) is 9.69 Å². The minimum atomic E-state index is -4.08. The van der Waals surface area contributed by atoms with Crippen LogP contribution in [0.3, 0.4) is 0 Å². The molecule has 0 saturated carbocycles. The summed E-state index contributed by atoms with van der Waals surface area (Å²) < 4.78 is 50.8. The number of rotatable bonds is 6. The number of halogens is 1. The van der Waals surface area contributed by atoms with Crippen LogP contribution in [0, 0.1) is 5.95 Å². The van der Waals surface area contributed by atoms with E-state index in [1.54, 1.807) is 42.5 Å². The van der Waals surface area contributed by atoms with Crippen LogP contribution in [0.2, 0.25) is 0 Å². The number of nitrogens with zero attached hydrogens (tertiary/aromatic N) is 4. The molecular formula is C25H24FN5O5S. The first-order valence-electron chi connectivity index (χ1n) is 11.4. The number of carbonyl (C=O) groups is 1. The molecule has 1 saturated heterocycles. The van der Waals surface area contributed by atoms with Gasteiger partial charge in [0.15, 0.2) is 11.5 Å². The smallest absolute Gasteiger partial charge is 0.379 e. The summed E-state index contributed by atoms with van der Waals surface area (Å²) in [6, 6.07) is 16.1. The van der Waals surface area contributed by atoms with Gasteiger partial charge in [0.1, 0.15) is 5.75 Å². The Hall–Kier alpha value is -3.87. The first kappa shape index (κ1) is 24.8. The molecule has 192 valence electrons. The van der Waals surface area contributed by atoms with Gasteiger partial charge in [0.2, 0.25) is 5.95 Å². The van der Waals surface area contributed by atoms with Crippen molar-refractivity contribution in [3.63, 3.8) is 0 Å². The number of likely N-dealkylation sites (N-methyl/N-ethyl adjacent to an activating group) is 1. The van der Waals surface area contributed by atoms with Gasteiger partial charge in [-0.05, 0) is 47.0 Å². The number of hydrogen-bond donors (Lipinski definition) is 1. The number of benzene rings is 2. The van der Waals surface area contributed by atoms with E-state index in [4.69, 9.17) is 14.7 Å². The van der Waals surface area contributed by atoms with E-state index < -0.39 is 27.7 Å². The third-order valence-electron chi connectivity index (χ3n) is 6.32. The number of aromatic nitrogens is 1. The lowest BCUT2D eigenvalue weighted by Crippen LogP contribution is -2.43. The summed E-state index contributed by atoms with van der Waals surface area (Å²) in [5, 5.41) is 0. The molecule has 1 fully saturated rings. The Labute approximate surface area is 213 Å². The van der Waals surface area contributed by atoms with Crippen LogP contribution >= 0.6 is 0 Å². The number of nitrogens with two attached hydrogens (primary N) is 1. The molecule has 1 unspecified atom stereocenters. The monoisotopic (exact) mass is 525 g/mol. The summed E-state index contributed by atoms with van der Waals surface area (Å²) >= 11 is 0. The molecule has 2 N–H and O–H groups in total. The molecule has 5 rings (SSSR count). The topological polar surface area (TPSA) is 127 Å². The molecule has 1 atom stereocenters. The second-order valence-electron chi connectivity index (χ2n) is 8.58. The van der Waals surface area contributed by atoms with Crippen molar-refractivity contribution in [2.24, 2.45) is 10.7 Å².